The van der Waals surface area contributed by atoms with Crippen molar-refractivity contribution in [3.05, 3.63) is 59.7 Å². The average molecular weight is 402 g/mol. The first kappa shape index (κ1) is 20.0. The number of hydrogen-bond acceptors (Lipinski definition) is 5. The first-order chi connectivity index (χ1) is 13.2. The zero-order valence-corrected chi connectivity index (χ0v) is 16.5. The topological polar surface area (TPSA) is 89.7 Å². The Balaban J connectivity index is 0.00000225. The fraction of sp³-hybridized carbons (Fsp3) is 0.368. The van der Waals surface area contributed by atoms with Gasteiger partial charge in [-0.3, -0.25) is 10.1 Å². The van der Waals surface area contributed by atoms with Gasteiger partial charge in [-0.1, -0.05) is 35.5 Å². The molecule has 0 aliphatic carbocycles. The molecule has 1 saturated heterocycles. The number of imidazole rings is 1. The predicted molar refractivity (Wildman–Crippen MR) is 109 cm³/mol. The Hall–Kier alpha value is -2.71. The number of piperidine rings is 1. The van der Waals surface area contributed by atoms with Crippen LogP contribution >= 0.6 is 12.4 Å². The normalized spacial score (nSPS) is 14.5. The van der Waals surface area contributed by atoms with E-state index < -0.39 is 0 Å². The number of carbonyl (C=O) groups excluding carboxylic acids is 1. The van der Waals surface area contributed by atoms with E-state index in [0.29, 0.717) is 24.2 Å². The lowest BCUT2D eigenvalue weighted by Gasteiger charge is -2.23. The minimum atomic E-state index is -0.284. The predicted octanol–water partition coefficient (Wildman–Crippen LogP) is 2.43. The number of hydrogen-bond donors (Lipinski definition) is 2. The molecule has 148 valence electrons. The van der Waals surface area contributed by atoms with Gasteiger partial charge in [-0.05, 0) is 38.4 Å². The van der Waals surface area contributed by atoms with Gasteiger partial charge in [0, 0.05) is 12.4 Å². The summed E-state index contributed by atoms with van der Waals surface area (Å²) in [5.74, 6) is 0.216. The Morgan fingerprint density at radius 3 is 2.75 bits per heavy atom. The highest BCUT2D eigenvalue weighted by atomic mass is 35.5. The van der Waals surface area contributed by atoms with Crippen LogP contribution in [0.1, 0.15) is 40.6 Å². The van der Waals surface area contributed by atoms with E-state index in [4.69, 9.17) is 0 Å². The molecule has 0 saturated carbocycles. The molecule has 0 atom stereocenters. The van der Waals surface area contributed by atoms with Crippen LogP contribution in [-0.4, -0.2) is 43.5 Å². The second-order valence-electron chi connectivity index (χ2n) is 6.77. The Morgan fingerprint density at radius 2 is 2.00 bits per heavy atom. The second kappa shape index (κ2) is 8.99. The molecule has 4 rings (SSSR count). The van der Waals surface area contributed by atoms with Gasteiger partial charge in [-0.15, -0.1) is 17.5 Å². The van der Waals surface area contributed by atoms with E-state index in [-0.39, 0.29) is 18.3 Å². The van der Waals surface area contributed by atoms with Crippen molar-refractivity contribution in [1.82, 2.24) is 29.9 Å². The van der Waals surface area contributed by atoms with Gasteiger partial charge >= 0.3 is 0 Å². The van der Waals surface area contributed by atoms with E-state index in [0.717, 1.165) is 37.2 Å². The summed E-state index contributed by atoms with van der Waals surface area (Å²) >= 11 is 0. The summed E-state index contributed by atoms with van der Waals surface area (Å²) < 4.78 is 3.78. The largest absolute Gasteiger partial charge is 0.317 e. The summed E-state index contributed by atoms with van der Waals surface area (Å²) in [4.78, 5) is 17.0. The summed E-state index contributed by atoms with van der Waals surface area (Å²) in [5, 5.41) is 14.6. The number of anilines is 1. The molecular formula is C19H24ClN7O. The fourth-order valence-electron chi connectivity index (χ4n) is 3.45. The molecule has 1 amide bonds. The monoisotopic (exact) mass is 401 g/mol. The van der Waals surface area contributed by atoms with Crippen molar-refractivity contribution < 1.29 is 4.79 Å². The molecule has 1 aliphatic heterocycles. The van der Waals surface area contributed by atoms with Gasteiger partial charge in [0.05, 0.1) is 18.3 Å². The van der Waals surface area contributed by atoms with Gasteiger partial charge < -0.3 is 9.88 Å². The Bertz CT molecular complexity index is 916. The maximum atomic E-state index is 12.7. The number of rotatable bonds is 5. The summed E-state index contributed by atoms with van der Waals surface area (Å²) in [5.41, 5.74) is 2.28. The quantitative estimate of drug-likeness (QED) is 0.685. The van der Waals surface area contributed by atoms with Crippen LogP contribution in [0.3, 0.4) is 0 Å². The number of nitrogens with one attached hydrogen (secondary N) is 2. The molecule has 2 aromatic heterocycles. The highest BCUT2D eigenvalue weighted by Crippen LogP contribution is 2.20. The zero-order valence-electron chi connectivity index (χ0n) is 15.7. The molecule has 1 fully saturated rings. The molecule has 0 unspecified atom stereocenters. The van der Waals surface area contributed by atoms with Gasteiger partial charge in [0.1, 0.15) is 0 Å². The number of amides is 1. The number of halogens is 1. The van der Waals surface area contributed by atoms with Crippen molar-refractivity contribution in [3.8, 4) is 0 Å². The molecule has 9 heteroatoms. The molecule has 1 aromatic carbocycles. The van der Waals surface area contributed by atoms with Crippen LogP contribution in [0.4, 0.5) is 5.95 Å². The van der Waals surface area contributed by atoms with E-state index in [1.54, 1.807) is 6.20 Å². The number of carbonyl (C=O) groups is 1. The molecule has 1 aliphatic rings. The Morgan fingerprint density at radius 1 is 1.25 bits per heavy atom. The highest BCUT2D eigenvalue weighted by molar-refractivity contribution is 6.02. The smallest absolute Gasteiger partial charge is 0.280 e. The summed E-state index contributed by atoms with van der Waals surface area (Å²) in [6.45, 7) is 4.45. The molecular weight excluding hydrogens is 378 g/mol. The third-order valence-electron chi connectivity index (χ3n) is 4.93. The maximum absolute atomic E-state index is 12.7. The molecule has 0 spiro atoms. The molecule has 8 nitrogen and oxygen atoms in total. The molecule has 3 aromatic rings. The van der Waals surface area contributed by atoms with Gasteiger partial charge in [-0.25, -0.2) is 9.67 Å². The molecule has 3 heterocycles. The SMILES string of the molecule is Cc1c(C(=O)Nc2nccn2Cc2ccccc2)nnn1C1CCNCC1.Cl. The van der Waals surface area contributed by atoms with Crippen molar-refractivity contribution in [2.24, 2.45) is 0 Å². The molecule has 2 N–H and O–H groups in total. The first-order valence-corrected chi connectivity index (χ1v) is 9.21. The summed E-state index contributed by atoms with van der Waals surface area (Å²) in [6.07, 6.45) is 5.51. The lowest BCUT2D eigenvalue weighted by molar-refractivity contribution is 0.102. The van der Waals surface area contributed by atoms with Gasteiger partial charge in [0.2, 0.25) is 5.95 Å². The van der Waals surface area contributed by atoms with Crippen LogP contribution in [0.15, 0.2) is 42.7 Å². The van der Waals surface area contributed by atoms with Crippen LogP contribution < -0.4 is 10.6 Å². The van der Waals surface area contributed by atoms with E-state index >= 15 is 0 Å². The third-order valence-corrected chi connectivity index (χ3v) is 4.93. The van der Waals surface area contributed by atoms with Crippen LogP contribution in [0.5, 0.6) is 0 Å². The van der Waals surface area contributed by atoms with Gasteiger partial charge in [0.15, 0.2) is 5.69 Å². The second-order valence-corrected chi connectivity index (χ2v) is 6.77. The van der Waals surface area contributed by atoms with E-state index in [2.05, 4.69) is 25.9 Å². The minimum Gasteiger partial charge on any atom is -0.317 e. The van der Waals surface area contributed by atoms with E-state index in [9.17, 15) is 4.79 Å². The van der Waals surface area contributed by atoms with Gasteiger partial charge in [-0.2, -0.15) is 0 Å². The molecule has 0 radical (unpaired) electrons. The molecule has 0 bridgehead atoms. The van der Waals surface area contributed by atoms with Gasteiger partial charge in [0.25, 0.3) is 5.91 Å². The first-order valence-electron chi connectivity index (χ1n) is 9.21. The molecule has 28 heavy (non-hydrogen) atoms. The van der Waals surface area contributed by atoms with Crippen molar-refractivity contribution >= 4 is 24.3 Å². The third kappa shape index (κ3) is 4.23. The Labute approximate surface area is 169 Å². The van der Waals surface area contributed by atoms with Crippen LogP contribution in [0.2, 0.25) is 0 Å². The average Bonchev–Trinajstić information content (AvgIpc) is 3.30. The van der Waals surface area contributed by atoms with Crippen LogP contribution in [0, 0.1) is 6.92 Å². The van der Waals surface area contributed by atoms with E-state index in [1.807, 2.05) is 52.7 Å². The van der Waals surface area contributed by atoms with Crippen molar-refractivity contribution in [2.45, 2.75) is 32.4 Å². The standard InChI is InChI=1S/C19H23N7O.ClH/c1-14-17(23-24-26(14)16-7-9-20-10-8-16)18(27)22-19-21-11-12-25(19)13-15-5-3-2-4-6-15;/h2-6,11-12,16,20H,7-10,13H2,1H3,(H,21,22,27);1H. The number of aromatic nitrogens is 5. The van der Waals surface area contributed by atoms with E-state index in [1.165, 1.54) is 0 Å². The fourth-order valence-corrected chi connectivity index (χ4v) is 3.45. The maximum Gasteiger partial charge on any atom is 0.280 e. The van der Waals surface area contributed by atoms with Crippen LogP contribution in [-0.2, 0) is 6.54 Å². The van der Waals surface area contributed by atoms with Crippen molar-refractivity contribution in [1.29, 1.82) is 0 Å². The minimum absolute atomic E-state index is 0. The zero-order chi connectivity index (χ0) is 18.6. The lowest BCUT2D eigenvalue weighted by atomic mass is 10.1. The lowest BCUT2D eigenvalue weighted by Crippen LogP contribution is -2.30. The van der Waals surface area contributed by atoms with Crippen LogP contribution in [0.25, 0.3) is 0 Å². The summed E-state index contributed by atoms with van der Waals surface area (Å²) in [7, 11) is 0. The highest BCUT2D eigenvalue weighted by Gasteiger charge is 2.23. The Kier molecular flexibility index (Phi) is 6.43. The summed E-state index contributed by atoms with van der Waals surface area (Å²) in [6, 6.07) is 10.3. The number of benzene rings is 1. The van der Waals surface area contributed by atoms with Crippen molar-refractivity contribution in [2.75, 3.05) is 18.4 Å². The number of nitrogens with zero attached hydrogens (tertiary/aromatic N) is 5. The van der Waals surface area contributed by atoms with Crippen molar-refractivity contribution in [3.63, 3.8) is 0 Å².